The molecule has 24 heavy (non-hydrogen) atoms. The highest BCUT2D eigenvalue weighted by Gasteiger charge is 2.15. The minimum atomic E-state index is -3.41. The second-order valence-corrected chi connectivity index (χ2v) is 7.88. The van der Waals surface area contributed by atoms with Gasteiger partial charge in [-0.1, -0.05) is 29.8 Å². The van der Waals surface area contributed by atoms with Crippen LogP contribution in [-0.2, 0) is 16.6 Å². The van der Waals surface area contributed by atoms with Gasteiger partial charge in [0.15, 0.2) is 0 Å². The Bertz CT molecular complexity index is 866. The number of nitrogens with one attached hydrogen (secondary N) is 1. The number of hydrogen-bond acceptors (Lipinski definition) is 3. The molecular weight excluding hydrogens is 348 g/mol. The third-order valence-electron chi connectivity index (χ3n) is 3.44. The van der Waals surface area contributed by atoms with Gasteiger partial charge < -0.3 is 4.90 Å². The molecule has 0 heterocycles. The average Bonchev–Trinajstić information content (AvgIpc) is 2.47. The van der Waals surface area contributed by atoms with Crippen LogP contribution in [0.4, 0.5) is 5.69 Å². The van der Waals surface area contributed by atoms with Gasteiger partial charge in [-0.3, -0.25) is 9.52 Å². The third kappa shape index (κ3) is 4.97. The van der Waals surface area contributed by atoms with E-state index in [0.29, 0.717) is 22.8 Å². The highest BCUT2D eigenvalue weighted by atomic mass is 35.5. The van der Waals surface area contributed by atoms with Gasteiger partial charge in [0.05, 0.1) is 11.9 Å². The van der Waals surface area contributed by atoms with E-state index in [1.54, 1.807) is 49.2 Å². The SMILES string of the molecule is Cc1ccc(C(=O)N(C)Cc2cccc(Cl)c2)cc1NS(C)(=O)=O. The Kier molecular flexibility index (Phi) is 5.51. The Morgan fingerprint density at radius 1 is 1.21 bits per heavy atom. The lowest BCUT2D eigenvalue weighted by molar-refractivity contribution is 0.0785. The van der Waals surface area contributed by atoms with Crippen LogP contribution in [0.2, 0.25) is 5.02 Å². The summed E-state index contributed by atoms with van der Waals surface area (Å²) in [5, 5.41) is 0.614. The molecule has 0 saturated carbocycles. The quantitative estimate of drug-likeness (QED) is 0.882. The van der Waals surface area contributed by atoms with Crippen LogP contribution in [0.25, 0.3) is 0 Å². The molecule has 1 N–H and O–H groups in total. The van der Waals surface area contributed by atoms with E-state index in [2.05, 4.69) is 4.72 Å². The van der Waals surface area contributed by atoms with Gasteiger partial charge in [0, 0.05) is 24.2 Å². The largest absolute Gasteiger partial charge is 0.337 e. The van der Waals surface area contributed by atoms with Crippen molar-refractivity contribution >= 4 is 33.2 Å². The van der Waals surface area contributed by atoms with Crippen LogP contribution >= 0.6 is 11.6 Å². The summed E-state index contributed by atoms with van der Waals surface area (Å²) < 4.78 is 25.3. The van der Waals surface area contributed by atoms with E-state index >= 15 is 0 Å². The molecule has 0 aliphatic carbocycles. The first-order valence-electron chi connectivity index (χ1n) is 7.24. The molecule has 5 nitrogen and oxygen atoms in total. The monoisotopic (exact) mass is 366 g/mol. The lowest BCUT2D eigenvalue weighted by Gasteiger charge is -2.18. The maximum Gasteiger partial charge on any atom is 0.253 e. The van der Waals surface area contributed by atoms with Crippen molar-refractivity contribution in [3.05, 3.63) is 64.2 Å². The highest BCUT2D eigenvalue weighted by Crippen LogP contribution is 2.20. The van der Waals surface area contributed by atoms with Gasteiger partial charge in [0.1, 0.15) is 0 Å². The molecule has 7 heteroatoms. The summed E-state index contributed by atoms with van der Waals surface area (Å²) in [6.07, 6.45) is 1.08. The molecule has 0 unspecified atom stereocenters. The van der Waals surface area contributed by atoms with Crippen molar-refractivity contribution in [3.8, 4) is 0 Å². The predicted molar refractivity (Wildman–Crippen MR) is 96.9 cm³/mol. The van der Waals surface area contributed by atoms with E-state index in [-0.39, 0.29) is 5.91 Å². The van der Waals surface area contributed by atoms with E-state index in [1.807, 2.05) is 12.1 Å². The van der Waals surface area contributed by atoms with Gasteiger partial charge in [-0.25, -0.2) is 8.42 Å². The van der Waals surface area contributed by atoms with Crippen molar-refractivity contribution in [2.24, 2.45) is 0 Å². The van der Waals surface area contributed by atoms with E-state index in [9.17, 15) is 13.2 Å². The number of carbonyl (C=O) groups is 1. The minimum Gasteiger partial charge on any atom is -0.337 e. The van der Waals surface area contributed by atoms with E-state index in [0.717, 1.165) is 17.4 Å². The highest BCUT2D eigenvalue weighted by molar-refractivity contribution is 7.92. The number of sulfonamides is 1. The summed E-state index contributed by atoms with van der Waals surface area (Å²) in [5.74, 6) is -0.202. The molecule has 2 rings (SSSR count). The van der Waals surface area contributed by atoms with E-state index in [1.165, 1.54) is 0 Å². The number of amides is 1. The molecule has 0 atom stereocenters. The lowest BCUT2D eigenvalue weighted by atomic mass is 10.1. The Labute approximate surface area is 147 Å². The fraction of sp³-hybridized carbons (Fsp3) is 0.235. The molecule has 0 fully saturated rings. The first-order chi connectivity index (χ1) is 11.2. The zero-order valence-electron chi connectivity index (χ0n) is 13.7. The van der Waals surface area contributed by atoms with Crippen LogP contribution in [0.5, 0.6) is 0 Å². The standard InChI is InChI=1S/C17H19ClN2O3S/c1-12-7-8-14(10-16(12)19-24(3,22)23)17(21)20(2)11-13-5-4-6-15(18)9-13/h4-10,19H,11H2,1-3H3. The maximum absolute atomic E-state index is 12.6. The summed E-state index contributed by atoms with van der Waals surface area (Å²) in [6.45, 7) is 2.18. The van der Waals surface area contributed by atoms with Gasteiger partial charge in [0.2, 0.25) is 10.0 Å². The van der Waals surface area contributed by atoms with Crippen molar-refractivity contribution in [3.63, 3.8) is 0 Å². The number of rotatable bonds is 5. The van der Waals surface area contributed by atoms with Crippen LogP contribution < -0.4 is 4.72 Å². The molecule has 2 aromatic carbocycles. The number of carbonyl (C=O) groups excluding carboxylic acids is 1. The molecule has 0 aliphatic rings. The minimum absolute atomic E-state index is 0.202. The van der Waals surface area contributed by atoms with Crippen molar-refractivity contribution < 1.29 is 13.2 Å². The van der Waals surface area contributed by atoms with Crippen molar-refractivity contribution in [1.29, 1.82) is 0 Å². The summed E-state index contributed by atoms with van der Waals surface area (Å²) >= 11 is 5.96. The molecule has 0 aromatic heterocycles. The van der Waals surface area contributed by atoms with E-state index in [4.69, 9.17) is 11.6 Å². The van der Waals surface area contributed by atoms with Gasteiger partial charge in [-0.05, 0) is 42.3 Å². The molecule has 128 valence electrons. The lowest BCUT2D eigenvalue weighted by Crippen LogP contribution is -2.26. The van der Waals surface area contributed by atoms with Crippen LogP contribution in [0.15, 0.2) is 42.5 Å². The average molecular weight is 367 g/mol. The number of benzene rings is 2. The Hall–Kier alpha value is -2.05. The number of hydrogen-bond donors (Lipinski definition) is 1. The van der Waals surface area contributed by atoms with Crippen LogP contribution in [-0.4, -0.2) is 32.5 Å². The van der Waals surface area contributed by atoms with E-state index < -0.39 is 10.0 Å². The molecule has 2 aromatic rings. The number of aryl methyl sites for hydroxylation is 1. The fourth-order valence-corrected chi connectivity index (χ4v) is 3.10. The molecule has 0 spiro atoms. The zero-order valence-corrected chi connectivity index (χ0v) is 15.3. The van der Waals surface area contributed by atoms with Crippen LogP contribution in [0.3, 0.4) is 0 Å². The van der Waals surface area contributed by atoms with Gasteiger partial charge in [0.25, 0.3) is 5.91 Å². The Morgan fingerprint density at radius 3 is 2.54 bits per heavy atom. The second-order valence-electron chi connectivity index (χ2n) is 5.70. The summed E-state index contributed by atoms with van der Waals surface area (Å²) in [7, 11) is -1.72. The van der Waals surface area contributed by atoms with Gasteiger partial charge in [-0.15, -0.1) is 0 Å². The van der Waals surface area contributed by atoms with Crippen LogP contribution in [0, 0.1) is 6.92 Å². The number of nitrogens with zero attached hydrogens (tertiary/aromatic N) is 1. The Morgan fingerprint density at radius 2 is 1.92 bits per heavy atom. The molecule has 0 bridgehead atoms. The van der Waals surface area contributed by atoms with Gasteiger partial charge >= 0.3 is 0 Å². The smallest absolute Gasteiger partial charge is 0.253 e. The summed E-state index contributed by atoms with van der Waals surface area (Å²) in [5.41, 5.74) is 2.48. The van der Waals surface area contributed by atoms with Crippen molar-refractivity contribution in [2.45, 2.75) is 13.5 Å². The zero-order chi connectivity index (χ0) is 17.9. The number of anilines is 1. The maximum atomic E-state index is 12.6. The summed E-state index contributed by atoms with van der Waals surface area (Å²) in [4.78, 5) is 14.1. The van der Waals surface area contributed by atoms with Gasteiger partial charge in [-0.2, -0.15) is 0 Å². The second kappa shape index (κ2) is 7.23. The number of halogens is 1. The molecule has 0 radical (unpaired) electrons. The molecule has 1 amide bonds. The normalized spacial score (nSPS) is 11.2. The fourth-order valence-electron chi connectivity index (χ4n) is 2.27. The van der Waals surface area contributed by atoms with Crippen molar-refractivity contribution in [1.82, 2.24) is 4.90 Å². The Balaban J connectivity index is 2.21. The topological polar surface area (TPSA) is 66.5 Å². The predicted octanol–water partition coefficient (Wildman–Crippen LogP) is 3.29. The first kappa shape index (κ1) is 18.3. The third-order valence-corrected chi connectivity index (χ3v) is 4.26. The molecule has 0 aliphatic heterocycles. The van der Waals surface area contributed by atoms with Crippen molar-refractivity contribution in [2.75, 3.05) is 18.0 Å². The summed E-state index contributed by atoms with van der Waals surface area (Å²) in [6, 6.07) is 12.2. The molecule has 0 saturated heterocycles. The van der Waals surface area contributed by atoms with Crippen LogP contribution in [0.1, 0.15) is 21.5 Å². The first-order valence-corrected chi connectivity index (χ1v) is 9.51. The molecular formula is C17H19ClN2O3S.